The lowest BCUT2D eigenvalue weighted by atomic mass is 10.1. The lowest BCUT2D eigenvalue weighted by Gasteiger charge is -2.30. The Morgan fingerprint density at radius 3 is 2.44 bits per heavy atom. The first-order valence-electron chi connectivity index (χ1n) is 12.7. The van der Waals surface area contributed by atoms with Crippen molar-refractivity contribution in [3.8, 4) is 5.75 Å². The molecule has 1 aromatic rings. The van der Waals surface area contributed by atoms with E-state index in [1.807, 2.05) is 26.0 Å². The fourth-order valence-corrected chi connectivity index (χ4v) is 4.00. The number of benzene rings is 1. The molecule has 1 fully saturated rings. The third kappa shape index (κ3) is 11.1. The lowest BCUT2D eigenvalue weighted by molar-refractivity contribution is -0.143. The van der Waals surface area contributed by atoms with Crippen molar-refractivity contribution >= 4 is 5.97 Å². The van der Waals surface area contributed by atoms with Gasteiger partial charge in [0, 0.05) is 58.5 Å². The van der Waals surface area contributed by atoms with Crippen LogP contribution in [0.15, 0.2) is 24.3 Å². The topological polar surface area (TPSA) is 104 Å². The molecule has 1 aromatic carbocycles. The number of hydrogen-bond acceptors (Lipinski definition) is 8. The van der Waals surface area contributed by atoms with Gasteiger partial charge in [0.2, 0.25) is 0 Å². The Labute approximate surface area is 204 Å². The van der Waals surface area contributed by atoms with E-state index in [9.17, 15) is 9.90 Å². The van der Waals surface area contributed by atoms with Crippen molar-refractivity contribution in [1.82, 2.24) is 20.9 Å². The number of carbonyl (C=O) groups is 1. The summed E-state index contributed by atoms with van der Waals surface area (Å²) in [4.78, 5) is 13.9. The summed E-state index contributed by atoms with van der Waals surface area (Å²) in [5, 5.41) is 20.3. The van der Waals surface area contributed by atoms with E-state index in [0.717, 1.165) is 51.4 Å². The van der Waals surface area contributed by atoms with Gasteiger partial charge in [0.15, 0.2) is 0 Å². The Bertz CT molecular complexity index is 661. The number of carboxylic acid groups (broad SMARTS) is 1. The van der Waals surface area contributed by atoms with Crippen LogP contribution in [0.3, 0.4) is 0 Å². The Balaban J connectivity index is 1.88. The molecule has 34 heavy (non-hydrogen) atoms. The molecule has 194 valence electrons. The second kappa shape index (κ2) is 17.7. The summed E-state index contributed by atoms with van der Waals surface area (Å²) in [7, 11) is 0. The summed E-state index contributed by atoms with van der Waals surface area (Å²) in [5.41, 5.74) is 1.17. The van der Waals surface area contributed by atoms with Crippen LogP contribution in [0.2, 0.25) is 0 Å². The molecule has 0 aliphatic carbocycles. The number of hydrogen-bond donors (Lipinski definition) is 4. The zero-order valence-electron chi connectivity index (χ0n) is 20.9. The summed E-state index contributed by atoms with van der Waals surface area (Å²) in [6, 6.07) is 7.85. The quantitative estimate of drug-likeness (QED) is 0.313. The molecule has 0 saturated carbocycles. The molecule has 0 bridgehead atoms. The summed E-state index contributed by atoms with van der Waals surface area (Å²) in [6.45, 7) is 12.4. The highest BCUT2D eigenvalue weighted by Gasteiger charge is 2.24. The van der Waals surface area contributed by atoms with E-state index in [-0.39, 0.29) is 6.04 Å². The molecular weight excluding hydrogens is 436 g/mol. The van der Waals surface area contributed by atoms with Crippen LogP contribution < -0.4 is 20.7 Å². The molecule has 2 unspecified atom stereocenters. The monoisotopic (exact) mass is 480 g/mol. The summed E-state index contributed by atoms with van der Waals surface area (Å²) in [5.74, 6) is 0.0833. The van der Waals surface area contributed by atoms with E-state index in [1.165, 1.54) is 5.56 Å². The second-order valence-corrected chi connectivity index (χ2v) is 8.37. The Kier molecular flexibility index (Phi) is 14.8. The van der Waals surface area contributed by atoms with Crippen LogP contribution in [0.25, 0.3) is 0 Å². The van der Waals surface area contributed by atoms with Crippen LogP contribution in [0.1, 0.15) is 38.3 Å². The molecule has 1 saturated heterocycles. The standard InChI is InChI=1S/C25H44N4O5/c1-3-5-24(25(30)31)29-14-12-26-10-11-27-20-23(28-13-15-29)21-6-8-22(9-7-21)34-19-18-33-17-16-32-4-2/h6-9,23-24,26-28H,3-5,10-20H2,1-2H3,(H,30,31). The minimum atomic E-state index is -0.734. The van der Waals surface area contributed by atoms with E-state index in [2.05, 4.69) is 33.0 Å². The Morgan fingerprint density at radius 1 is 1.00 bits per heavy atom. The van der Waals surface area contributed by atoms with Crippen LogP contribution in [0.5, 0.6) is 5.75 Å². The predicted molar refractivity (Wildman–Crippen MR) is 134 cm³/mol. The highest BCUT2D eigenvalue weighted by Crippen LogP contribution is 2.18. The van der Waals surface area contributed by atoms with Crippen LogP contribution in [-0.2, 0) is 14.3 Å². The van der Waals surface area contributed by atoms with Crippen LogP contribution >= 0.6 is 0 Å². The lowest BCUT2D eigenvalue weighted by Crippen LogP contribution is -2.49. The molecule has 0 radical (unpaired) electrons. The van der Waals surface area contributed by atoms with E-state index < -0.39 is 12.0 Å². The zero-order chi connectivity index (χ0) is 24.4. The minimum Gasteiger partial charge on any atom is -0.491 e. The fourth-order valence-electron chi connectivity index (χ4n) is 4.00. The summed E-state index contributed by atoms with van der Waals surface area (Å²) < 4.78 is 16.5. The van der Waals surface area contributed by atoms with Crippen molar-refractivity contribution in [2.24, 2.45) is 0 Å². The fraction of sp³-hybridized carbons (Fsp3) is 0.720. The maximum absolute atomic E-state index is 11.8. The summed E-state index contributed by atoms with van der Waals surface area (Å²) >= 11 is 0. The number of nitrogens with zero attached hydrogens (tertiary/aromatic N) is 1. The molecule has 2 rings (SSSR count). The van der Waals surface area contributed by atoms with E-state index in [0.29, 0.717) is 46.0 Å². The third-order valence-electron chi connectivity index (χ3n) is 5.84. The number of nitrogens with one attached hydrogen (secondary N) is 3. The van der Waals surface area contributed by atoms with Crippen molar-refractivity contribution in [3.05, 3.63) is 29.8 Å². The average molecular weight is 481 g/mol. The van der Waals surface area contributed by atoms with Gasteiger partial charge in [-0.2, -0.15) is 0 Å². The minimum absolute atomic E-state index is 0.131. The van der Waals surface area contributed by atoms with Gasteiger partial charge in [-0.3, -0.25) is 9.69 Å². The molecule has 4 N–H and O–H groups in total. The maximum atomic E-state index is 11.8. The number of rotatable bonds is 13. The van der Waals surface area contributed by atoms with E-state index in [1.54, 1.807) is 0 Å². The molecule has 1 aliphatic heterocycles. The second-order valence-electron chi connectivity index (χ2n) is 8.37. The van der Waals surface area contributed by atoms with Gasteiger partial charge in [0.05, 0.1) is 19.8 Å². The number of aliphatic carboxylic acids is 1. The van der Waals surface area contributed by atoms with E-state index in [4.69, 9.17) is 14.2 Å². The van der Waals surface area contributed by atoms with Gasteiger partial charge in [-0.05, 0) is 31.0 Å². The Morgan fingerprint density at radius 2 is 1.71 bits per heavy atom. The Hall–Kier alpha value is -1.75. The van der Waals surface area contributed by atoms with Crippen molar-refractivity contribution in [2.75, 3.05) is 78.8 Å². The average Bonchev–Trinajstić information content (AvgIpc) is 2.83. The van der Waals surface area contributed by atoms with Gasteiger partial charge < -0.3 is 35.3 Å². The molecule has 1 aliphatic rings. The highest BCUT2D eigenvalue weighted by molar-refractivity contribution is 5.73. The van der Waals surface area contributed by atoms with Gasteiger partial charge in [-0.1, -0.05) is 25.5 Å². The third-order valence-corrected chi connectivity index (χ3v) is 5.84. The van der Waals surface area contributed by atoms with Gasteiger partial charge in [-0.15, -0.1) is 0 Å². The van der Waals surface area contributed by atoms with Gasteiger partial charge in [0.1, 0.15) is 18.4 Å². The van der Waals surface area contributed by atoms with Crippen molar-refractivity contribution in [3.63, 3.8) is 0 Å². The SMILES string of the molecule is CCCC(C(=O)O)N1CCNCCNCC(c2ccc(OCCOCCOCC)cc2)NCC1. The highest BCUT2D eigenvalue weighted by atomic mass is 16.5. The number of carboxylic acids is 1. The first-order chi connectivity index (χ1) is 16.7. The van der Waals surface area contributed by atoms with Crippen LogP contribution in [0.4, 0.5) is 0 Å². The van der Waals surface area contributed by atoms with Crippen LogP contribution in [0, 0.1) is 0 Å². The smallest absolute Gasteiger partial charge is 0.320 e. The maximum Gasteiger partial charge on any atom is 0.320 e. The molecule has 0 amide bonds. The molecule has 2 atom stereocenters. The predicted octanol–water partition coefficient (Wildman–Crippen LogP) is 1.50. The molecule has 9 nitrogen and oxygen atoms in total. The van der Waals surface area contributed by atoms with Gasteiger partial charge in [-0.25, -0.2) is 0 Å². The molecule has 0 aromatic heterocycles. The first-order valence-corrected chi connectivity index (χ1v) is 12.7. The normalized spacial score (nSPS) is 19.6. The molecule has 1 heterocycles. The van der Waals surface area contributed by atoms with Crippen molar-refractivity contribution < 1.29 is 24.1 Å². The van der Waals surface area contributed by atoms with Gasteiger partial charge >= 0.3 is 5.97 Å². The largest absolute Gasteiger partial charge is 0.491 e. The van der Waals surface area contributed by atoms with Gasteiger partial charge in [0.25, 0.3) is 0 Å². The molecule has 0 spiro atoms. The summed E-state index contributed by atoms with van der Waals surface area (Å²) in [6.07, 6.45) is 1.52. The number of ether oxygens (including phenoxy) is 3. The molecule has 9 heteroatoms. The van der Waals surface area contributed by atoms with E-state index >= 15 is 0 Å². The van der Waals surface area contributed by atoms with Crippen molar-refractivity contribution in [2.45, 2.75) is 38.8 Å². The zero-order valence-corrected chi connectivity index (χ0v) is 20.9. The van der Waals surface area contributed by atoms with Crippen molar-refractivity contribution in [1.29, 1.82) is 0 Å². The molecular formula is C25H44N4O5. The first kappa shape index (κ1) is 28.5. The van der Waals surface area contributed by atoms with Crippen LogP contribution in [-0.4, -0.2) is 101 Å².